The zero-order valence-electron chi connectivity index (χ0n) is 11.2. The van der Waals surface area contributed by atoms with Gasteiger partial charge in [-0.3, -0.25) is 0 Å². The van der Waals surface area contributed by atoms with Gasteiger partial charge in [-0.1, -0.05) is 13.8 Å². The van der Waals surface area contributed by atoms with E-state index in [9.17, 15) is 0 Å². The first-order chi connectivity index (χ1) is 8.62. The molecule has 0 aliphatic heterocycles. The number of anilines is 1. The fourth-order valence-electron chi connectivity index (χ4n) is 1.83. The van der Waals surface area contributed by atoms with Crippen LogP contribution < -0.4 is 5.32 Å². The molecule has 0 unspecified atom stereocenters. The van der Waals surface area contributed by atoms with E-state index < -0.39 is 0 Å². The van der Waals surface area contributed by atoms with Gasteiger partial charge in [0.2, 0.25) is 0 Å². The summed E-state index contributed by atoms with van der Waals surface area (Å²) in [4.78, 5) is 4.36. The van der Waals surface area contributed by atoms with Crippen LogP contribution in [0.4, 0.5) is 5.82 Å². The molecule has 2 rings (SSSR count). The van der Waals surface area contributed by atoms with Crippen LogP contribution in [0.1, 0.15) is 20.3 Å². The number of nitrogens with one attached hydrogen (secondary N) is 1. The van der Waals surface area contributed by atoms with Crippen LogP contribution in [0.15, 0.2) is 29.0 Å². The van der Waals surface area contributed by atoms with Crippen LogP contribution in [-0.2, 0) is 4.74 Å². The maximum absolute atomic E-state index is 5.36. The van der Waals surface area contributed by atoms with Crippen molar-refractivity contribution in [1.82, 2.24) is 4.98 Å². The van der Waals surface area contributed by atoms with E-state index >= 15 is 0 Å². The largest absolute Gasteiger partial charge is 0.464 e. The van der Waals surface area contributed by atoms with Gasteiger partial charge in [0.1, 0.15) is 11.4 Å². The summed E-state index contributed by atoms with van der Waals surface area (Å²) in [5.41, 5.74) is 1.03. The quantitative estimate of drug-likeness (QED) is 0.852. The van der Waals surface area contributed by atoms with E-state index in [-0.39, 0.29) is 5.41 Å². The highest BCUT2D eigenvalue weighted by Gasteiger charge is 2.18. The summed E-state index contributed by atoms with van der Waals surface area (Å²) in [7, 11) is 1.73. The number of fused-ring (bicyclic) bond motifs is 1. The lowest BCUT2D eigenvalue weighted by molar-refractivity contribution is 0.157. The summed E-state index contributed by atoms with van der Waals surface area (Å²) in [6, 6.07) is 3.81. The van der Waals surface area contributed by atoms with Crippen LogP contribution >= 0.6 is 0 Å². The number of furan rings is 1. The highest BCUT2D eigenvalue weighted by atomic mass is 16.5. The van der Waals surface area contributed by atoms with Crippen LogP contribution in [0.25, 0.3) is 11.0 Å². The Morgan fingerprint density at radius 3 is 3.00 bits per heavy atom. The van der Waals surface area contributed by atoms with Crippen molar-refractivity contribution in [3.8, 4) is 0 Å². The number of rotatable bonds is 6. The lowest BCUT2D eigenvalue weighted by Gasteiger charge is -2.24. The zero-order chi connectivity index (χ0) is 13.0. The Hall–Kier alpha value is -1.55. The third-order valence-corrected chi connectivity index (χ3v) is 3.10. The topological polar surface area (TPSA) is 47.3 Å². The van der Waals surface area contributed by atoms with Crippen LogP contribution in [0.2, 0.25) is 0 Å². The first-order valence-corrected chi connectivity index (χ1v) is 6.17. The Morgan fingerprint density at radius 2 is 2.22 bits per heavy atom. The standard InChI is InChI=1S/C14H20N2O2/c1-14(2,6-9-17-3)10-16-13-11-5-8-18-12(11)4-7-15-13/h4-5,7-8H,6,9-10H2,1-3H3,(H,15,16). The zero-order valence-corrected chi connectivity index (χ0v) is 11.2. The summed E-state index contributed by atoms with van der Waals surface area (Å²) in [5.74, 6) is 0.881. The number of hydrogen-bond acceptors (Lipinski definition) is 4. The molecule has 0 aliphatic carbocycles. The average molecular weight is 248 g/mol. The van der Waals surface area contributed by atoms with Crippen molar-refractivity contribution in [2.24, 2.45) is 5.41 Å². The molecule has 98 valence electrons. The molecule has 4 heteroatoms. The molecule has 0 aliphatic rings. The third kappa shape index (κ3) is 3.01. The average Bonchev–Trinajstić information content (AvgIpc) is 2.82. The van der Waals surface area contributed by atoms with Crippen molar-refractivity contribution < 1.29 is 9.15 Å². The first kappa shape index (κ1) is 12.9. The Morgan fingerprint density at radius 1 is 1.39 bits per heavy atom. The minimum atomic E-state index is 0.170. The molecular weight excluding hydrogens is 228 g/mol. The van der Waals surface area contributed by atoms with Gasteiger partial charge in [0.25, 0.3) is 0 Å². The van der Waals surface area contributed by atoms with Gasteiger partial charge in [0.15, 0.2) is 0 Å². The van der Waals surface area contributed by atoms with Crippen LogP contribution in [-0.4, -0.2) is 25.2 Å². The van der Waals surface area contributed by atoms with Gasteiger partial charge in [0, 0.05) is 26.5 Å². The summed E-state index contributed by atoms with van der Waals surface area (Å²) < 4.78 is 10.5. The molecule has 1 N–H and O–H groups in total. The molecule has 2 aromatic rings. The van der Waals surface area contributed by atoms with Crippen molar-refractivity contribution in [2.75, 3.05) is 25.6 Å². The third-order valence-electron chi connectivity index (χ3n) is 3.10. The van der Waals surface area contributed by atoms with E-state index in [0.717, 1.165) is 36.4 Å². The molecule has 0 saturated carbocycles. The SMILES string of the molecule is COCCC(C)(C)CNc1nccc2occc12. The summed E-state index contributed by atoms with van der Waals surface area (Å²) in [5, 5.41) is 4.42. The maximum Gasteiger partial charge on any atom is 0.139 e. The van der Waals surface area contributed by atoms with Crippen molar-refractivity contribution in [3.63, 3.8) is 0 Å². The van der Waals surface area contributed by atoms with Crippen molar-refractivity contribution in [2.45, 2.75) is 20.3 Å². The van der Waals surface area contributed by atoms with Gasteiger partial charge < -0.3 is 14.5 Å². The number of pyridine rings is 1. The lowest BCUT2D eigenvalue weighted by Crippen LogP contribution is -2.25. The molecule has 4 nitrogen and oxygen atoms in total. The molecule has 2 heterocycles. The predicted molar refractivity (Wildman–Crippen MR) is 72.8 cm³/mol. The van der Waals surface area contributed by atoms with Gasteiger partial charge >= 0.3 is 0 Å². The van der Waals surface area contributed by atoms with Gasteiger partial charge in [-0.15, -0.1) is 0 Å². The minimum Gasteiger partial charge on any atom is -0.464 e. The predicted octanol–water partition coefficient (Wildman–Crippen LogP) is 3.30. The van der Waals surface area contributed by atoms with Gasteiger partial charge in [-0.05, 0) is 24.0 Å². The Bertz CT molecular complexity index is 505. The van der Waals surface area contributed by atoms with Crippen LogP contribution in [0.3, 0.4) is 0 Å². The normalized spacial score (nSPS) is 11.9. The van der Waals surface area contributed by atoms with E-state index in [1.807, 2.05) is 12.1 Å². The monoisotopic (exact) mass is 248 g/mol. The molecule has 2 aromatic heterocycles. The smallest absolute Gasteiger partial charge is 0.139 e. The summed E-state index contributed by atoms with van der Waals surface area (Å²) in [6.07, 6.45) is 4.46. The maximum atomic E-state index is 5.36. The number of aromatic nitrogens is 1. The number of hydrogen-bond donors (Lipinski definition) is 1. The molecule has 18 heavy (non-hydrogen) atoms. The molecule has 0 spiro atoms. The molecule has 0 saturated heterocycles. The minimum absolute atomic E-state index is 0.170. The fraction of sp³-hybridized carbons (Fsp3) is 0.500. The van der Waals surface area contributed by atoms with E-state index in [1.54, 1.807) is 19.6 Å². The number of methoxy groups -OCH3 is 1. The Kier molecular flexibility index (Phi) is 3.87. The fourth-order valence-corrected chi connectivity index (χ4v) is 1.83. The highest BCUT2D eigenvalue weighted by molar-refractivity contribution is 5.87. The lowest BCUT2D eigenvalue weighted by atomic mass is 9.90. The van der Waals surface area contributed by atoms with Crippen molar-refractivity contribution >= 4 is 16.8 Å². The highest BCUT2D eigenvalue weighted by Crippen LogP contribution is 2.25. The van der Waals surface area contributed by atoms with Crippen molar-refractivity contribution in [1.29, 1.82) is 0 Å². The molecular formula is C14H20N2O2. The second-order valence-corrected chi connectivity index (χ2v) is 5.25. The van der Waals surface area contributed by atoms with Gasteiger partial charge in [-0.2, -0.15) is 0 Å². The Labute approximate surface area is 107 Å². The molecule has 0 fully saturated rings. The number of ether oxygens (including phenoxy) is 1. The van der Waals surface area contributed by atoms with E-state index in [1.165, 1.54) is 0 Å². The second kappa shape index (κ2) is 5.40. The van der Waals surface area contributed by atoms with Crippen LogP contribution in [0.5, 0.6) is 0 Å². The Balaban J connectivity index is 2.03. The number of nitrogens with zero attached hydrogens (tertiary/aromatic N) is 1. The van der Waals surface area contributed by atoms with Crippen molar-refractivity contribution in [3.05, 3.63) is 24.6 Å². The molecule has 0 radical (unpaired) electrons. The second-order valence-electron chi connectivity index (χ2n) is 5.25. The van der Waals surface area contributed by atoms with E-state index in [2.05, 4.69) is 24.1 Å². The molecule has 0 bridgehead atoms. The molecule has 0 amide bonds. The van der Waals surface area contributed by atoms with E-state index in [4.69, 9.17) is 9.15 Å². The van der Waals surface area contributed by atoms with E-state index in [0.29, 0.717) is 0 Å². The summed E-state index contributed by atoms with van der Waals surface area (Å²) >= 11 is 0. The van der Waals surface area contributed by atoms with Gasteiger partial charge in [-0.25, -0.2) is 4.98 Å². The summed E-state index contributed by atoms with van der Waals surface area (Å²) in [6.45, 7) is 6.06. The molecule has 0 aromatic carbocycles. The van der Waals surface area contributed by atoms with Gasteiger partial charge in [0.05, 0.1) is 11.6 Å². The molecule has 0 atom stereocenters. The first-order valence-electron chi connectivity index (χ1n) is 6.17. The van der Waals surface area contributed by atoms with Crippen LogP contribution in [0, 0.1) is 5.41 Å².